The molecule has 1 amide bonds. The van der Waals surface area contributed by atoms with Crippen LogP contribution < -0.4 is 25.0 Å². The van der Waals surface area contributed by atoms with Crippen molar-refractivity contribution in [2.24, 2.45) is 5.92 Å². The Morgan fingerprint density at radius 2 is 1.94 bits per heavy atom. The third kappa shape index (κ3) is 3.94. The van der Waals surface area contributed by atoms with E-state index in [1.807, 2.05) is 80.3 Å². The molecule has 3 unspecified atom stereocenters. The number of fused-ring (bicyclic) bond motifs is 4. The average Bonchev–Trinajstić information content (AvgIpc) is 2.80. The first-order chi connectivity index (χ1) is 16.7. The van der Waals surface area contributed by atoms with Crippen molar-refractivity contribution in [3.05, 3.63) is 81.8 Å². The van der Waals surface area contributed by atoms with Gasteiger partial charge in [-0.1, -0.05) is 51.8 Å². The number of halogens is 1. The van der Waals surface area contributed by atoms with Gasteiger partial charge < -0.3 is 20.1 Å². The number of carbonyl (C=O) groups excluding carboxylic acids is 1. The van der Waals surface area contributed by atoms with E-state index in [4.69, 9.17) is 21.7 Å². The van der Waals surface area contributed by atoms with Gasteiger partial charge >= 0.3 is 0 Å². The van der Waals surface area contributed by atoms with Crippen molar-refractivity contribution >= 4 is 50.5 Å². The minimum Gasteiger partial charge on any atom is -0.493 e. The van der Waals surface area contributed by atoms with Crippen LogP contribution in [0.2, 0.25) is 0 Å². The number of hydrogen-bond acceptors (Lipinski definition) is 4. The molecule has 2 heterocycles. The fourth-order valence-corrected chi connectivity index (χ4v) is 5.90. The summed E-state index contributed by atoms with van der Waals surface area (Å²) in [7, 11) is 1.61. The van der Waals surface area contributed by atoms with Crippen molar-refractivity contribution in [1.82, 2.24) is 5.32 Å². The van der Waals surface area contributed by atoms with Crippen molar-refractivity contribution in [2.75, 3.05) is 17.3 Å². The predicted octanol–water partition coefficient (Wildman–Crippen LogP) is 5.87. The van der Waals surface area contributed by atoms with E-state index in [9.17, 15) is 4.79 Å². The van der Waals surface area contributed by atoms with Crippen LogP contribution in [0, 0.1) is 19.8 Å². The fraction of sp³-hybridized carbons (Fsp3) is 0.259. The van der Waals surface area contributed by atoms with E-state index in [1.165, 1.54) is 0 Å². The molecule has 6 nitrogen and oxygen atoms in total. The summed E-state index contributed by atoms with van der Waals surface area (Å²) in [6, 6.07) is 19.1. The highest BCUT2D eigenvalue weighted by Crippen LogP contribution is 2.52. The molecular formula is C27H26BrN3O3S. The maximum absolute atomic E-state index is 14.0. The van der Waals surface area contributed by atoms with Crippen LogP contribution >= 0.6 is 28.1 Å². The van der Waals surface area contributed by atoms with Crippen molar-refractivity contribution in [1.29, 1.82) is 0 Å². The Balaban J connectivity index is 1.65. The molecule has 2 N–H and O–H groups in total. The first kappa shape index (κ1) is 23.6. The van der Waals surface area contributed by atoms with Gasteiger partial charge in [0.2, 0.25) is 5.91 Å². The first-order valence-corrected chi connectivity index (χ1v) is 12.5. The van der Waals surface area contributed by atoms with Crippen LogP contribution in [0.25, 0.3) is 0 Å². The number of amides is 1. The summed E-state index contributed by atoms with van der Waals surface area (Å²) < 4.78 is 13.2. The molecule has 0 radical (unpaired) electrons. The molecule has 3 atom stereocenters. The van der Waals surface area contributed by atoms with Gasteiger partial charge in [-0.25, -0.2) is 0 Å². The summed E-state index contributed by atoms with van der Waals surface area (Å²) in [5, 5.41) is 7.07. The van der Waals surface area contributed by atoms with Gasteiger partial charge in [0, 0.05) is 21.4 Å². The third-order valence-electron chi connectivity index (χ3n) is 6.70. The molecule has 1 fully saturated rings. The molecule has 2 bridgehead atoms. The number of nitrogens with one attached hydrogen (secondary N) is 2. The van der Waals surface area contributed by atoms with Crippen LogP contribution in [0.3, 0.4) is 0 Å². The number of methoxy groups -OCH3 is 1. The third-order valence-corrected chi connectivity index (χ3v) is 7.49. The number of nitrogens with zero attached hydrogens (tertiary/aromatic N) is 1. The summed E-state index contributed by atoms with van der Waals surface area (Å²) in [5.41, 5.74) is 3.42. The van der Waals surface area contributed by atoms with Gasteiger partial charge in [0.1, 0.15) is 5.92 Å². The topological polar surface area (TPSA) is 62.8 Å². The van der Waals surface area contributed by atoms with Crippen LogP contribution in [0.15, 0.2) is 65.1 Å². The number of aryl methyl sites for hydroxylation is 2. The first-order valence-electron chi connectivity index (χ1n) is 11.3. The Kier molecular flexibility index (Phi) is 5.97. The summed E-state index contributed by atoms with van der Waals surface area (Å²) in [6.45, 7) is 5.93. The largest absolute Gasteiger partial charge is 0.493 e. The number of hydrogen-bond donors (Lipinski definition) is 2. The molecule has 0 aromatic heterocycles. The van der Waals surface area contributed by atoms with Crippen LogP contribution in [0.5, 0.6) is 11.5 Å². The lowest BCUT2D eigenvalue weighted by molar-refractivity contribution is -0.130. The van der Waals surface area contributed by atoms with Crippen LogP contribution in [-0.4, -0.2) is 23.9 Å². The number of thiocarbonyl (C=S) groups is 1. The highest BCUT2D eigenvalue weighted by Gasteiger charge is 2.59. The molecule has 0 aliphatic carbocycles. The fourth-order valence-electron chi connectivity index (χ4n) is 5.10. The lowest BCUT2D eigenvalue weighted by atomic mass is 9.78. The number of rotatable bonds is 4. The van der Waals surface area contributed by atoms with Gasteiger partial charge in [-0.15, -0.1) is 0 Å². The normalized spacial score (nSPS) is 22.5. The molecule has 0 spiro atoms. The Morgan fingerprint density at radius 3 is 2.66 bits per heavy atom. The van der Waals surface area contributed by atoms with Crippen LogP contribution in [0.1, 0.15) is 29.7 Å². The second-order valence-corrected chi connectivity index (χ2v) is 10.4. The SMILES string of the molecule is COc1cccc2c1OC1(C)C(C(=O)Nc3ccc(C)cc3C)C2NC(=S)N1c1cccc(Br)c1. The number of para-hydroxylation sites is 1. The van der Waals surface area contributed by atoms with Crippen molar-refractivity contribution in [3.8, 4) is 11.5 Å². The molecule has 3 aromatic carbocycles. The van der Waals surface area contributed by atoms with Gasteiger partial charge in [0.15, 0.2) is 22.3 Å². The minimum absolute atomic E-state index is 0.159. The van der Waals surface area contributed by atoms with E-state index in [1.54, 1.807) is 7.11 Å². The summed E-state index contributed by atoms with van der Waals surface area (Å²) >= 11 is 9.38. The smallest absolute Gasteiger partial charge is 0.236 e. The van der Waals surface area contributed by atoms with E-state index in [2.05, 4.69) is 32.6 Å². The number of carbonyl (C=O) groups is 1. The van der Waals surface area contributed by atoms with E-state index >= 15 is 0 Å². The molecule has 3 aromatic rings. The van der Waals surface area contributed by atoms with Gasteiger partial charge in [-0.3, -0.25) is 9.69 Å². The maximum Gasteiger partial charge on any atom is 0.236 e. The molecule has 2 aliphatic heterocycles. The Bertz CT molecular complexity index is 1350. The number of anilines is 2. The van der Waals surface area contributed by atoms with Crippen LogP contribution in [-0.2, 0) is 4.79 Å². The van der Waals surface area contributed by atoms with E-state index in [-0.39, 0.29) is 5.91 Å². The summed E-state index contributed by atoms with van der Waals surface area (Å²) in [4.78, 5) is 15.9. The highest BCUT2D eigenvalue weighted by molar-refractivity contribution is 9.10. The van der Waals surface area contributed by atoms with Crippen LogP contribution in [0.4, 0.5) is 11.4 Å². The summed E-state index contributed by atoms with van der Waals surface area (Å²) in [6.07, 6.45) is 0. The lowest BCUT2D eigenvalue weighted by Crippen LogP contribution is -2.72. The monoisotopic (exact) mass is 551 g/mol. The molecule has 8 heteroatoms. The second kappa shape index (κ2) is 8.84. The molecule has 180 valence electrons. The molecule has 1 saturated heterocycles. The highest BCUT2D eigenvalue weighted by atomic mass is 79.9. The van der Waals surface area contributed by atoms with Gasteiger partial charge in [0.25, 0.3) is 0 Å². The van der Waals surface area contributed by atoms with E-state index in [0.717, 1.165) is 32.5 Å². The molecule has 35 heavy (non-hydrogen) atoms. The summed E-state index contributed by atoms with van der Waals surface area (Å²) in [5.74, 6) is 0.422. The zero-order chi connectivity index (χ0) is 24.9. The zero-order valence-corrected chi connectivity index (χ0v) is 22.3. The van der Waals surface area contributed by atoms with Gasteiger partial charge in [0.05, 0.1) is 13.2 Å². The second-order valence-electron chi connectivity index (χ2n) is 9.06. The standard InChI is InChI=1S/C27H26BrN3O3S/c1-15-11-12-20(16(2)13-15)29-25(32)22-23-19-9-6-10-21(33-4)24(19)34-27(22,3)31(26(35)30-23)18-8-5-7-17(28)14-18/h5-14,22-23H,1-4H3,(H,29,32)(H,30,35). The minimum atomic E-state index is -1.13. The molecule has 2 aliphatic rings. The quantitative estimate of drug-likeness (QED) is 0.395. The maximum atomic E-state index is 14.0. The molecule has 5 rings (SSSR count). The average molecular weight is 552 g/mol. The zero-order valence-electron chi connectivity index (χ0n) is 19.9. The lowest BCUT2D eigenvalue weighted by Gasteiger charge is -2.56. The van der Waals surface area contributed by atoms with Crippen molar-refractivity contribution in [3.63, 3.8) is 0 Å². The van der Waals surface area contributed by atoms with E-state index in [0.29, 0.717) is 16.6 Å². The number of ether oxygens (including phenoxy) is 2. The Hall–Kier alpha value is -3.10. The molecular weight excluding hydrogens is 526 g/mol. The molecule has 0 saturated carbocycles. The number of benzene rings is 3. The Morgan fingerprint density at radius 1 is 1.17 bits per heavy atom. The van der Waals surface area contributed by atoms with Gasteiger partial charge in [-0.2, -0.15) is 0 Å². The van der Waals surface area contributed by atoms with Crippen molar-refractivity contribution < 1.29 is 14.3 Å². The van der Waals surface area contributed by atoms with Gasteiger partial charge in [-0.05, 0) is 68.9 Å². The Labute approximate surface area is 218 Å². The predicted molar refractivity (Wildman–Crippen MR) is 145 cm³/mol. The van der Waals surface area contributed by atoms with Crippen molar-refractivity contribution in [2.45, 2.75) is 32.5 Å². The van der Waals surface area contributed by atoms with E-state index < -0.39 is 17.7 Å².